The van der Waals surface area contributed by atoms with Gasteiger partial charge in [-0.3, -0.25) is 4.68 Å². The van der Waals surface area contributed by atoms with Crippen LogP contribution < -0.4 is 0 Å². The lowest BCUT2D eigenvalue weighted by Gasteiger charge is -2.17. The van der Waals surface area contributed by atoms with E-state index in [0.717, 1.165) is 17.7 Å². The Morgan fingerprint density at radius 1 is 1.38 bits per heavy atom. The second kappa shape index (κ2) is 9.24. The SMILES string of the molecule is C=CC(Cc1ccc(C(=O)OC)cc1)n1ncc(C(=O)O)c1SCCC. The zero-order chi connectivity index (χ0) is 19.1. The molecule has 26 heavy (non-hydrogen) atoms. The van der Waals surface area contributed by atoms with Crippen LogP contribution in [-0.2, 0) is 11.2 Å². The van der Waals surface area contributed by atoms with E-state index in [2.05, 4.69) is 11.7 Å². The van der Waals surface area contributed by atoms with Gasteiger partial charge in [0.1, 0.15) is 10.6 Å². The van der Waals surface area contributed by atoms with Gasteiger partial charge in [-0.2, -0.15) is 5.10 Å². The van der Waals surface area contributed by atoms with Crippen LogP contribution in [0.2, 0.25) is 0 Å². The minimum Gasteiger partial charge on any atom is -0.478 e. The van der Waals surface area contributed by atoms with Crippen molar-refractivity contribution in [2.24, 2.45) is 0 Å². The van der Waals surface area contributed by atoms with Gasteiger partial charge >= 0.3 is 11.9 Å². The summed E-state index contributed by atoms with van der Waals surface area (Å²) in [7, 11) is 1.34. The lowest BCUT2D eigenvalue weighted by Crippen LogP contribution is -2.13. The minimum atomic E-state index is -0.986. The molecule has 6 nitrogen and oxygen atoms in total. The van der Waals surface area contributed by atoms with Crippen LogP contribution >= 0.6 is 11.8 Å². The molecule has 1 heterocycles. The van der Waals surface area contributed by atoms with Crippen molar-refractivity contribution < 1.29 is 19.4 Å². The molecule has 2 rings (SSSR count). The monoisotopic (exact) mass is 374 g/mol. The smallest absolute Gasteiger partial charge is 0.340 e. The molecule has 1 aromatic heterocycles. The van der Waals surface area contributed by atoms with Crippen LogP contribution in [0.1, 0.15) is 45.7 Å². The molecule has 0 spiro atoms. The number of rotatable bonds is 9. The summed E-state index contributed by atoms with van der Waals surface area (Å²) in [5.74, 6) is -0.558. The Bertz CT molecular complexity index is 783. The third-order valence-corrected chi connectivity index (χ3v) is 5.12. The Morgan fingerprint density at radius 3 is 2.62 bits per heavy atom. The molecule has 1 atom stereocenters. The molecule has 0 radical (unpaired) electrons. The summed E-state index contributed by atoms with van der Waals surface area (Å²) in [5.41, 5.74) is 1.68. The molecule has 0 bridgehead atoms. The average molecular weight is 374 g/mol. The van der Waals surface area contributed by atoms with Gasteiger partial charge in [-0.05, 0) is 36.3 Å². The highest BCUT2D eigenvalue weighted by molar-refractivity contribution is 7.99. The quantitative estimate of drug-likeness (QED) is 0.408. The molecule has 0 aliphatic rings. The van der Waals surface area contributed by atoms with Gasteiger partial charge in [0, 0.05) is 0 Å². The van der Waals surface area contributed by atoms with Gasteiger partial charge < -0.3 is 9.84 Å². The number of esters is 1. The van der Waals surface area contributed by atoms with Crippen LogP contribution in [0.3, 0.4) is 0 Å². The van der Waals surface area contributed by atoms with Crippen molar-refractivity contribution in [2.75, 3.05) is 12.9 Å². The minimum absolute atomic E-state index is 0.188. The van der Waals surface area contributed by atoms with Gasteiger partial charge in [-0.25, -0.2) is 9.59 Å². The van der Waals surface area contributed by atoms with Gasteiger partial charge in [0.15, 0.2) is 0 Å². The molecule has 7 heteroatoms. The molecule has 1 unspecified atom stereocenters. The van der Waals surface area contributed by atoms with Gasteiger partial charge in [0.05, 0.1) is 24.9 Å². The van der Waals surface area contributed by atoms with E-state index in [9.17, 15) is 14.7 Å². The topological polar surface area (TPSA) is 81.4 Å². The van der Waals surface area contributed by atoms with Crippen molar-refractivity contribution in [3.63, 3.8) is 0 Å². The van der Waals surface area contributed by atoms with Crippen LogP contribution in [0.4, 0.5) is 0 Å². The average Bonchev–Trinajstić information content (AvgIpc) is 3.08. The molecule has 1 N–H and O–H groups in total. The molecule has 0 fully saturated rings. The summed E-state index contributed by atoms with van der Waals surface area (Å²) in [5, 5.41) is 14.3. The highest BCUT2D eigenvalue weighted by Crippen LogP contribution is 2.28. The maximum Gasteiger partial charge on any atom is 0.340 e. The normalized spacial score (nSPS) is 11.8. The number of thioether (sulfide) groups is 1. The first-order valence-corrected chi connectivity index (χ1v) is 9.23. The summed E-state index contributed by atoms with van der Waals surface area (Å²) >= 11 is 1.48. The number of carbonyl (C=O) groups is 2. The van der Waals surface area contributed by atoms with E-state index >= 15 is 0 Å². The largest absolute Gasteiger partial charge is 0.478 e. The molecule has 2 aromatic rings. The maximum absolute atomic E-state index is 11.5. The number of carbonyl (C=O) groups excluding carboxylic acids is 1. The van der Waals surface area contributed by atoms with Crippen LogP contribution in [-0.4, -0.2) is 39.7 Å². The summed E-state index contributed by atoms with van der Waals surface area (Å²) in [6.45, 7) is 5.92. The van der Waals surface area contributed by atoms with Crippen molar-refractivity contribution in [2.45, 2.75) is 30.8 Å². The van der Waals surface area contributed by atoms with E-state index in [-0.39, 0.29) is 17.6 Å². The molecule has 0 saturated carbocycles. The predicted octanol–water partition coefficient (Wildman–Crippen LogP) is 3.84. The highest BCUT2D eigenvalue weighted by atomic mass is 32.2. The van der Waals surface area contributed by atoms with E-state index in [4.69, 9.17) is 4.74 Å². The highest BCUT2D eigenvalue weighted by Gasteiger charge is 2.21. The van der Waals surface area contributed by atoms with E-state index in [1.807, 2.05) is 19.1 Å². The van der Waals surface area contributed by atoms with E-state index in [1.165, 1.54) is 25.1 Å². The van der Waals surface area contributed by atoms with E-state index in [0.29, 0.717) is 17.0 Å². The van der Waals surface area contributed by atoms with Crippen LogP contribution in [0, 0.1) is 0 Å². The maximum atomic E-state index is 11.5. The molecule has 1 aromatic carbocycles. The Balaban J connectivity index is 2.26. The number of methoxy groups -OCH3 is 1. The third-order valence-electron chi connectivity index (χ3n) is 3.83. The van der Waals surface area contributed by atoms with Crippen molar-refractivity contribution in [1.82, 2.24) is 9.78 Å². The molecular weight excluding hydrogens is 352 g/mol. The number of nitrogens with zero attached hydrogens (tertiary/aromatic N) is 2. The predicted molar refractivity (Wildman–Crippen MR) is 101 cm³/mol. The van der Waals surface area contributed by atoms with Gasteiger partial charge in [0.25, 0.3) is 0 Å². The second-order valence-corrected chi connectivity index (χ2v) is 6.74. The molecule has 138 valence electrons. The Morgan fingerprint density at radius 2 is 2.08 bits per heavy atom. The Labute approximate surface area is 156 Å². The number of aromatic nitrogens is 2. The number of allylic oxidation sites excluding steroid dienone is 1. The first-order chi connectivity index (χ1) is 12.5. The second-order valence-electron chi connectivity index (χ2n) is 5.66. The van der Waals surface area contributed by atoms with E-state index in [1.54, 1.807) is 22.9 Å². The van der Waals surface area contributed by atoms with Crippen LogP contribution in [0.25, 0.3) is 0 Å². The lowest BCUT2D eigenvalue weighted by atomic mass is 10.0. The fourth-order valence-electron chi connectivity index (χ4n) is 2.48. The number of ether oxygens (including phenoxy) is 1. The van der Waals surface area contributed by atoms with Crippen LogP contribution in [0.5, 0.6) is 0 Å². The first kappa shape index (κ1) is 19.8. The molecule has 0 aliphatic carbocycles. The van der Waals surface area contributed by atoms with Gasteiger partial charge in [0.2, 0.25) is 0 Å². The summed E-state index contributed by atoms with van der Waals surface area (Å²) < 4.78 is 6.41. The number of hydrogen-bond acceptors (Lipinski definition) is 5. The van der Waals surface area contributed by atoms with Crippen molar-refractivity contribution in [3.05, 3.63) is 59.8 Å². The van der Waals surface area contributed by atoms with Crippen LogP contribution in [0.15, 0.2) is 48.1 Å². The third kappa shape index (κ3) is 4.54. The Kier molecular flexibility index (Phi) is 7.03. The standard InChI is InChI=1S/C19H22N2O4S/c1-4-10-26-17-16(18(22)23)12-20-21(17)15(5-2)11-13-6-8-14(9-7-13)19(24)25-3/h5-9,12,15H,2,4,10-11H2,1,3H3,(H,22,23). The summed E-state index contributed by atoms with van der Waals surface area (Å²) in [4.78, 5) is 23.0. The fourth-order valence-corrected chi connectivity index (χ4v) is 3.49. The number of benzene rings is 1. The number of aromatic carboxylic acids is 1. The summed E-state index contributed by atoms with van der Waals surface area (Å²) in [6.07, 6.45) is 4.66. The lowest BCUT2D eigenvalue weighted by molar-refractivity contribution is 0.0599. The van der Waals surface area contributed by atoms with E-state index < -0.39 is 5.97 Å². The number of carboxylic acids is 1. The van der Waals surface area contributed by atoms with Gasteiger partial charge in [-0.1, -0.05) is 25.1 Å². The zero-order valence-electron chi connectivity index (χ0n) is 14.8. The van der Waals surface area contributed by atoms with Crippen molar-refractivity contribution >= 4 is 23.7 Å². The van der Waals surface area contributed by atoms with Crippen molar-refractivity contribution in [3.8, 4) is 0 Å². The number of carboxylic acid groups (broad SMARTS) is 1. The first-order valence-electron chi connectivity index (χ1n) is 8.25. The number of hydrogen-bond donors (Lipinski definition) is 1. The van der Waals surface area contributed by atoms with Gasteiger partial charge in [-0.15, -0.1) is 18.3 Å². The summed E-state index contributed by atoms with van der Waals surface area (Å²) in [6, 6.07) is 6.93. The molecule has 0 amide bonds. The Hall–Kier alpha value is -2.54. The molecular formula is C19H22N2O4S. The fraction of sp³-hybridized carbons (Fsp3) is 0.316. The zero-order valence-corrected chi connectivity index (χ0v) is 15.7. The van der Waals surface area contributed by atoms with Crippen molar-refractivity contribution in [1.29, 1.82) is 0 Å². The molecule has 0 saturated heterocycles. The molecule has 0 aliphatic heterocycles.